The summed E-state index contributed by atoms with van der Waals surface area (Å²) >= 11 is 0. The molecule has 1 aromatic rings. The molecule has 1 fully saturated rings. The first kappa shape index (κ1) is 14.6. The average Bonchev–Trinajstić information content (AvgIpc) is 2.39. The quantitative estimate of drug-likeness (QED) is 0.829. The van der Waals surface area contributed by atoms with Crippen molar-refractivity contribution in [2.45, 2.75) is 70.8 Å². The molecule has 1 aliphatic carbocycles. The maximum absolute atomic E-state index is 3.55. The average molecular weight is 259 g/mol. The van der Waals surface area contributed by atoms with E-state index in [0.29, 0.717) is 0 Å². The third-order valence-electron chi connectivity index (χ3n) is 4.13. The maximum Gasteiger partial charge on any atom is 0.00966 e. The van der Waals surface area contributed by atoms with Crippen LogP contribution in [-0.4, -0.2) is 12.1 Å². The lowest BCUT2D eigenvalue weighted by Crippen LogP contribution is -2.37. The Labute approximate surface area is 118 Å². The van der Waals surface area contributed by atoms with Gasteiger partial charge in [-0.05, 0) is 63.6 Å². The Kier molecular flexibility index (Phi) is 5.04. The van der Waals surface area contributed by atoms with Crippen molar-refractivity contribution in [1.29, 1.82) is 0 Å². The van der Waals surface area contributed by atoms with Gasteiger partial charge in [0, 0.05) is 5.54 Å². The Hall–Kier alpha value is -0.820. The Balaban J connectivity index is 1.84. The van der Waals surface area contributed by atoms with Gasteiger partial charge in [0.2, 0.25) is 0 Å². The van der Waals surface area contributed by atoms with Gasteiger partial charge in [-0.2, -0.15) is 0 Å². The van der Waals surface area contributed by atoms with Crippen LogP contribution in [-0.2, 0) is 6.42 Å². The summed E-state index contributed by atoms with van der Waals surface area (Å²) in [5, 5.41) is 3.55. The van der Waals surface area contributed by atoms with Crippen LogP contribution < -0.4 is 5.32 Å². The molecule has 106 valence electrons. The molecule has 0 aliphatic heterocycles. The molecule has 1 aliphatic rings. The van der Waals surface area contributed by atoms with E-state index >= 15 is 0 Å². The molecule has 1 N–H and O–H groups in total. The van der Waals surface area contributed by atoms with Crippen molar-refractivity contribution in [2.75, 3.05) is 6.54 Å². The van der Waals surface area contributed by atoms with Crippen LogP contribution in [0.2, 0.25) is 0 Å². The molecule has 0 atom stereocenters. The minimum atomic E-state index is 0.224. The van der Waals surface area contributed by atoms with Crippen molar-refractivity contribution >= 4 is 0 Å². The van der Waals surface area contributed by atoms with E-state index in [1.54, 1.807) is 5.56 Å². The molecule has 19 heavy (non-hydrogen) atoms. The van der Waals surface area contributed by atoms with Gasteiger partial charge < -0.3 is 5.32 Å². The van der Waals surface area contributed by atoms with Gasteiger partial charge >= 0.3 is 0 Å². The van der Waals surface area contributed by atoms with Gasteiger partial charge in [0.05, 0.1) is 0 Å². The fourth-order valence-electron chi connectivity index (χ4n) is 2.97. The second kappa shape index (κ2) is 6.56. The zero-order valence-electron chi connectivity index (χ0n) is 12.8. The summed E-state index contributed by atoms with van der Waals surface area (Å²) in [5.74, 6) is 0.829. The van der Waals surface area contributed by atoms with Gasteiger partial charge in [0.25, 0.3) is 0 Å². The standard InChI is InChI=1S/C18H29N/c1-18(2,3)19-14-13-15-9-11-17(12-10-15)16-7-5-4-6-8-16/h9-12,16,19H,4-8,13-14H2,1-3H3. The molecule has 1 aromatic carbocycles. The Bertz CT molecular complexity index is 366. The number of nitrogens with one attached hydrogen (secondary N) is 1. The van der Waals surface area contributed by atoms with E-state index in [1.807, 2.05) is 0 Å². The van der Waals surface area contributed by atoms with E-state index in [4.69, 9.17) is 0 Å². The molecule has 0 aromatic heterocycles. The molecule has 1 nitrogen and oxygen atoms in total. The Morgan fingerprint density at radius 1 is 1.00 bits per heavy atom. The normalized spacial score (nSPS) is 17.6. The minimum absolute atomic E-state index is 0.224. The lowest BCUT2D eigenvalue weighted by molar-refractivity contribution is 0.429. The van der Waals surface area contributed by atoms with Gasteiger partial charge in [0.1, 0.15) is 0 Å². The third kappa shape index (κ3) is 4.99. The molecule has 0 unspecified atom stereocenters. The van der Waals surface area contributed by atoms with Crippen LogP contribution in [0, 0.1) is 0 Å². The second-order valence-electron chi connectivity index (χ2n) is 7.00. The number of hydrogen-bond donors (Lipinski definition) is 1. The molecule has 0 saturated heterocycles. The highest BCUT2D eigenvalue weighted by Crippen LogP contribution is 2.32. The van der Waals surface area contributed by atoms with Crippen molar-refractivity contribution in [2.24, 2.45) is 0 Å². The van der Waals surface area contributed by atoms with E-state index in [-0.39, 0.29) is 5.54 Å². The minimum Gasteiger partial charge on any atom is -0.312 e. The monoisotopic (exact) mass is 259 g/mol. The van der Waals surface area contributed by atoms with Gasteiger partial charge in [-0.3, -0.25) is 0 Å². The third-order valence-corrected chi connectivity index (χ3v) is 4.13. The molecule has 0 heterocycles. The summed E-state index contributed by atoms with van der Waals surface area (Å²) in [5.41, 5.74) is 3.24. The van der Waals surface area contributed by atoms with Crippen LogP contribution in [0.15, 0.2) is 24.3 Å². The summed E-state index contributed by atoms with van der Waals surface area (Å²) in [6.45, 7) is 7.73. The molecular formula is C18H29N. The molecule has 1 saturated carbocycles. The van der Waals surface area contributed by atoms with Crippen molar-refractivity contribution in [3.8, 4) is 0 Å². The largest absolute Gasteiger partial charge is 0.312 e. The predicted octanol–water partition coefficient (Wildman–Crippen LogP) is 4.66. The highest BCUT2D eigenvalue weighted by atomic mass is 14.9. The molecule has 0 spiro atoms. The zero-order valence-corrected chi connectivity index (χ0v) is 12.8. The van der Waals surface area contributed by atoms with Crippen molar-refractivity contribution < 1.29 is 0 Å². The first-order valence-electron chi connectivity index (χ1n) is 7.88. The molecule has 0 bridgehead atoms. The maximum atomic E-state index is 3.55. The molecule has 2 rings (SSSR count). The highest BCUT2D eigenvalue weighted by molar-refractivity contribution is 5.26. The first-order valence-corrected chi connectivity index (χ1v) is 7.88. The first-order chi connectivity index (χ1) is 9.04. The molecule has 1 heteroatoms. The lowest BCUT2D eigenvalue weighted by atomic mass is 9.84. The van der Waals surface area contributed by atoms with Crippen molar-refractivity contribution in [3.05, 3.63) is 35.4 Å². The van der Waals surface area contributed by atoms with E-state index in [0.717, 1.165) is 18.9 Å². The van der Waals surface area contributed by atoms with Crippen LogP contribution in [0.25, 0.3) is 0 Å². The van der Waals surface area contributed by atoms with E-state index in [1.165, 1.54) is 37.7 Å². The van der Waals surface area contributed by atoms with Crippen LogP contribution in [0.3, 0.4) is 0 Å². The van der Waals surface area contributed by atoms with Crippen LogP contribution in [0.4, 0.5) is 0 Å². The zero-order chi connectivity index (χ0) is 13.7. The summed E-state index contributed by atoms with van der Waals surface area (Å²) in [4.78, 5) is 0. The van der Waals surface area contributed by atoms with E-state index < -0.39 is 0 Å². The topological polar surface area (TPSA) is 12.0 Å². The molecule has 0 radical (unpaired) electrons. The summed E-state index contributed by atoms with van der Waals surface area (Å²) in [6, 6.07) is 9.38. The van der Waals surface area contributed by atoms with E-state index in [2.05, 4.69) is 50.4 Å². The highest BCUT2D eigenvalue weighted by Gasteiger charge is 2.15. The fourth-order valence-corrected chi connectivity index (χ4v) is 2.97. The van der Waals surface area contributed by atoms with Crippen LogP contribution in [0.1, 0.15) is 69.9 Å². The van der Waals surface area contributed by atoms with Crippen LogP contribution >= 0.6 is 0 Å². The van der Waals surface area contributed by atoms with Gasteiger partial charge in [-0.1, -0.05) is 43.5 Å². The van der Waals surface area contributed by atoms with Crippen molar-refractivity contribution in [1.82, 2.24) is 5.32 Å². The number of rotatable bonds is 4. The summed E-state index contributed by atoms with van der Waals surface area (Å²) in [6.07, 6.45) is 8.19. The summed E-state index contributed by atoms with van der Waals surface area (Å²) < 4.78 is 0. The Morgan fingerprint density at radius 3 is 2.21 bits per heavy atom. The van der Waals surface area contributed by atoms with E-state index in [9.17, 15) is 0 Å². The summed E-state index contributed by atoms with van der Waals surface area (Å²) in [7, 11) is 0. The molecule has 0 amide bonds. The fraction of sp³-hybridized carbons (Fsp3) is 0.667. The van der Waals surface area contributed by atoms with Crippen LogP contribution in [0.5, 0.6) is 0 Å². The predicted molar refractivity (Wildman–Crippen MR) is 83.7 cm³/mol. The number of benzene rings is 1. The van der Waals surface area contributed by atoms with Gasteiger partial charge in [-0.25, -0.2) is 0 Å². The van der Waals surface area contributed by atoms with Crippen molar-refractivity contribution in [3.63, 3.8) is 0 Å². The smallest absolute Gasteiger partial charge is 0.00966 e. The lowest BCUT2D eigenvalue weighted by Gasteiger charge is -2.22. The second-order valence-corrected chi connectivity index (χ2v) is 7.00. The SMILES string of the molecule is CC(C)(C)NCCc1ccc(C2CCCCC2)cc1. The van der Waals surface area contributed by atoms with Gasteiger partial charge in [-0.15, -0.1) is 0 Å². The Morgan fingerprint density at radius 2 is 1.63 bits per heavy atom. The number of hydrogen-bond acceptors (Lipinski definition) is 1. The molecular weight excluding hydrogens is 230 g/mol. The van der Waals surface area contributed by atoms with Gasteiger partial charge in [0.15, 0.2) is 0 Å².